The van der Waals surface area contributed by atoms with Gasteiger partial charge in [0.15, 0.2) is 0 Å². The van der Waals surface area contributed by atoms with Crippen LogP contribution in [0.3, 0.4) is 0 Å². The van der Waals surface area contributed by atoms with E-state index in [2.05, 4.69) is 5.10 Å². The molecule has 84 valence electrons. The summed E-state index contributed by atoms with van der Waals surface area (Å²) in [5, 5.41) is 3.91. The summed E-state index contributed by atoms with van der Waals surface area (Å²) < 4.78 is 10.7. The van der Waals surface area contributed by atoms with Gasteiger partial charge in [-0.05, 0) is 18.4 Å². The highest BCUT2D eigenvalue weighted by molar-refractivity contribution is 7.98. The topological polar surface area (TPSA) is 57.3 Å². The van der Waals surface area contributed by atoms with E-state index in [-0.39, 0.29) is 6.08 Å². The number of hydrogen-bond donors (Lipinski definition) is 0. The van der Waals surface area contributed by atoms with E-state index in [4.69, 9.17) is 9.15 Å². The normalized spacial score (nSPS) is 10.4. The molecule has 0 fully saturated rings. The van der Waals surface area contributed by atoms with Crippen LogP contribution in [-0.4, -0.2) is 23.1 Å². The van der Waals surface area contributed by atoms with Gasteiger partial charge in [0.25, 0.3) is 0 Å². The first-order chi connectivity index (χ1) is 7.76. The van der Waals surface area contributed by atoms with Crippen molar-refractivity contribution >= 4 is 11.8 Å². The van der Waals surface area contributed by atoms with Crippen LogP contribution < -0.4 is 10.5 Å². The molecule has 16 heavy (non-hydrogen) atoms. The van der Waals surface area contributed by atoms with Crippen LogP contribution in [0.2, 0.25) is 0 Å². The Labute approximate surface area is 96.0 Å². The maximum Gasteiger partial charge on any atom is 0.444 e. The van der Waals surface area contributed by atoms with Gasteiger partial charge >= 0.3 is 11.8 Å². The summed E-state index contributed by atoms with van der Waals surface area (Å²) >= 11 is 1.53. The van der Waals surface area contributed by atoms with Crippen LogP contribution >= 0.6 is 11.8 Å². The Morgan fingerprint density at radius 3 is 2.81 bits per heavy atom. The van der Waals surface area contributed by atoms with Crippen molar-refractivity contribution in [3.05, 3.63) is 34.8 Å². The molecule has 0 aliphatic carbocycles. The first-order valence-electron chi connectivity index (χ1n) is 4.54. The standard InChI is InChI=1S/C10H10N2O3S/c1-14-9-11-12(10(13)15-9)7-5-3-4-6-8(7)16-2/h3-6H,1-2H3. The molecule has 0 amide bonds. The smallest absolute Gasteiger partial charge is 0.444 e. The molecule has 0 saturated heterocycles. The average molecular weight is 238 g/mol. The predicted octanol–water partition coefficient (Wildman–Crippen LogP) is 1.56. The number of ether oxygens (including phenoxy) is 1. The molecule has 0 bridgehead atoms. The molecule has 0 saturated carbocycles. The highest BCUT2D eigenvalue weighted by atomic mass is 32.2. The molecule has 2 aromatic rings. The van der Waals surface area contributed by atoms with E-state index in [1.165, 1.54) is 23.6 Å². The second kappa shape index (κ2) is 4.44. The van der Waals surface area contributed by atoms with Gasteiger partial charge in [0.1, 0.15) is 0 Å². The molecule has 0 spiro atoms. The predicted molar refractivity (Wildman–Crippen MR) is 60.4 cm³/mol. The van der Waals surface area contributed by atoms with Crippen LogP contribution in [0, 0.1) is 0 Å². The van der Waals surface area contributed by atoms with Gasteiger partial charge in [0, 0.05) is 4.90 Å². The van der Waals surface area contributed by atoms with Crippen LogP contribution in [0.15, 0.2) is 38.4 Å². The molecule has 1 heterocycles. The van der Waals surface area contributed by atoms with Gasteiger partial charge in [-0.1, -0.05) is 17.2 Å². The number of methoxy groups -OCH3 is 1. The molecule has 0 radical (unpaired) electrons. The zero-order valence-corrected chi connectivity index (χ0v) is 9.65. The number of aromatic nitrogens is 2. The Balaban J connectivity index is 2.58. The van der Waals surface area contributed by atoms with Gasteiger partial charge in [0.2, 0.25) is 0 Å². The fourth-order valence-electron chi connectivity index (χ4n) is 1.30. The molecule has 1 aromatic carbocycles. The van der Waals surface area contributed by atoms with Crippen LogP contribution in [0.4, 0.5) is 0 Å². The maximum atomic E-state index is 11.5. The van der Waals surface area contributed by atoms with Gasteiger partial charge in [-0.3, -0.25) is 0 Å². The number of rotatable bonds is 3. The minimum Gasteiger partial charge on any atom is -0.452 e. The summed E-state index contributed by atoms with van der Waals surface area (Å²) in [6.45, 7) is 0. The highest BCUT2D eigenvalue weighted by Gasteiger charge is 2.12. The van der Waals surface area contributed by atoms with E-state index < -0.39 is 5.76 Å². The van der Waals surface area contributed by atoms with Gasteiger partial charge in [-0.2, -0.15) is 4.68 Å². The second-order valence-electron chi connectivity index (χ2n) is 2.92. The minimum absolute atomic E-state index is 0.0408. The van der Waals surface area contributed by atoms with Crippen LogP contribution in [0.5, 0.6) is 6.08 Å². The molecule has 0 atom stereocenters. The lowest BCUT2D eigenvalue weighted by molar-refractivity contribution is 0.282. The van der Waals surface area contributed by atoms with E-state index in [0.29, 0.717) is 5.69 Å². The summed E-state index contributed by atoms with van der Waals surface area (Å²) in [6.07, 6.45) is 1.89. The summed E-state index contributed by atoms with van der Waals surface area (Å²) in [5.74, 6) is -0.557. The molecule has 0 unspecified atom stereocenters. The average Bonchev–Trinajstić information content (AvgIpc) is 2.70. The molecule has 0 aliphatic heterocycles. The molecule has 6 heteroatoms. The SMILES string of the molecule is COc1nn(-c2ccccc2SC)c(=O)o1. The lowest BCUT2D eigenvalue weighted by atomic mass is 10.3. The zero-order chi connectivity index (χ0) is 11.5. The zero-order valence-electron chi connectivity index (χ0n) is 8.84. The van der Waals surface area contributed by atoms with E-state index >= 15 is 0 Å². The van der Waals surface area contributed by atoms with Crippen LogP contribution in [0.25, 0.3) is 5.69 Å². The molecular formula is C10H10N2O3S. The third-order valence-corrected chi connectivity index (χ3v) is 2.80. The van der Waals surface area contributed by atoms with Crippen molar-refractivity contribution in [1.29, 1.82) is 0 Å². The van der Waals surface area contributed by atoms with E-state index in [1.807, 2.05) is 24.5 Å². The summed E-state index contributed by atoms with van der Waals surface area (Å²) in [4.78, 5) is 12.5. The van der Waals surface area contributed by atoms with Crippen molar-refractivity contribution < 1.29 is 9.15 Å². The molecular weight excluding hydrogens is 228 g/mol. The van der Waals surface area contributed by atoms with Gasteiger partial charge in [0.05, 0.1) is 12.8 Å². The molecule has 1 aromatic heterocycles. The van der Waals surface area contributed by atoms with Gasteiger partial charge in [-0.15, -0.1) is 11.8 Å². The lowest BCUT2D eigenvalue weighted by Crippen LogP contribution is -2.14. The maximum absolute atomic E-state index is 11.5. The van der Waals surface area contributed by atoms with Crippen molar-refractivity contribution in [2.45, 2.75) is 4.90 Å². The number of nitrogens with zero attached hydrogens (tertiary/aromatic N) is 2. The lowest BCUT2D eigenvalue weighted by Gasteiger charge is -2.03. The highest BCUT2D eigenvalue weighted by Crippen LogP contribution is 2.22. The van der Waals surface area contributed by atoms with Crippen molar-refractivity contribution in [2.24, 2.45) is 0 Å². The molecule has 0 N–H and O–H groups in total. The van der Waals surface area contributed by atoms with Gasteiger partial charge in [-0.25, -0.2) is 4.79 Å². The number of thioether (sulfide) groups is 1. The first kappa shape index (κ1) is 10.8. The Kier molecular flexibility index (Phi) is 3.00. The third-order valence-electron chi connectivity index (χ3n) is 2.02. The van der Waals surface area contributed by atoms with Crippen molar-refractivity contribution in [2.75, 3.05) is 13.4 Å². The van der Waals surface area contributed by atoms with E-state index in [0.717, 1.165) is 4.90 Å². The largest absolute Gasteiger partial charge is 0.452 e. The summed E-state index contributed by atoms with van der Waals surface area (Å²) in [7, 11) is 1.40. The minimum atomic E-state index is -0.557. The van der Waals surface area contributed by atoms with Crippen molar-refractivity contribution in [3.8, 4) is 11.8 Å². The number of para-hydroxylation sites is 1. The Morgan fingerprint density at radius 2 is 2.19 bits per heavy atom. The first-order valence-corrected chi connectivity index (χ1v) is 5.76. The Bertz CT molecular complexity index is 547. The van der Waals surface area contributed by atoms with Crippen LogP contribution in [0.1, 0.15) is 0 Å². The quantitative estimate of drug-likeness (QED) is 0.759. The van der Waals surface area contributed by atoms with E-state index in [1.54, 1.807) is 6.07 Å². The number of hydrogen-bond acceptors (Lipinski definition) is 5. The Morgan fingerprint density at radius 1 is 1.44 bits per heavy atom. The Hall–Kier alpha value is -1.69. The summed E-state index contributed by atoms with van der Waals surface area (Å²) in [5.41, 5.74) is 0.687. The molecule has 2 rings (SSSR count). The van der Waals surface area contributed by atoms with Crippen molar-refractivity contribution in [3.63, 3.8) is 0 Å². The summed E-state index contributed by atoms with van der Waals surface area (Å²) in [6, 6.07) is 7.45. The number of benzene rings is 1. The van der Waals surface area contributed by atoms with E-state index in [9.17, 15) is 4.79 Å². The molecule has 0 aliphatic rings. The molecule has 5 nitrogen and oxygen atoms in total. The van der Waals surface area contributed by atoms with Crippen LogP contribution in [-0.2, 0) is 0 Å². The van der Waals surface area contributed by atoms with Gasteiger partial charge < -0.3 is 9.15 Å². The fourth-order valence-corrected chi connectivity index (χ4v) is 1.88. The van der Waals surface area contributed by atoms with Crippen molar-refractivity contribution in [1.82, 2.24) is 9.78 Å². The second-order valence-corrected chi connectivity index (χ2v) is 3.77. The third kappa shape index (κ3) is 1.83. The monoisotopic (exact) mass is 238 g/mol. The fraction of sp³-hybridized carbons (Fsp3) is 0.200.